The molecule has 2 nitrogen and oxygen atoms in total. The van der Waals surface area contributed by atoms with Gasteiger partial charge in [-0.25, -0.2) is 0 Å². The van der Waals surface area contributed by atoms with Crippen LogP contribution in [0.2, 0.25) is 10.0 Å². The molecule has 0 aliphatic carbocycles. The van der Waals surface area contributed by atoms with Crippen LogP contribution in [0.3, 0.4) is 0 Å². The lowest BCUT2D eigenvalue weighted by Gasteiger charge is -1.96. The van der Waals surface area contributed by atoms with Crippen LogP contribution in [0, 0.1) is 3.77 Å². The Morgan fingerprint density at radius 2 is 1.94 bits per heavy atom. The minimum absolute atomic E-state index is 0.491. The van der Waals surface area contributed by atoms with E-state index in [2.05, 4.69) is 27.6 Å². The molecular formula is C11H6Cl2INO. The fraction of sp³-hybridized carbons (Fsp3) is 0. The van der Waals surface area contributed by atoms with Crippen LogP contribution in [0.5, 0.6) is 0 Å². The molecule has 2 rings (SSSR count). The minimum atomic E-state index is 0.491. The van der Waals surface area contributed by atoms with Crippen LogP contribution in [0.25, 0.3) is 0 Å². The van der Waals surface area contributed by atoms with Crippen LogP contribution in [-0.4, -0.2) is 6.21 Å². The van der Waals surface area contributed by atoms with Crippen molar-refractivity contribution in [2.75, 3.05) is 0 Å². The largest absolute Gasteiger partial charge is 0.449 e. The van der Waals surface area contributed by atoms with E-state index >= 15 is 0 Å². The number of furan rings is 1. The lowest BCUT2D eigenvalue weighted by atomic mass is 10.3. The summed E-state index contributed by atoms with van der Waals surface area (Å²) in [7, 11) is 0. The van der Waals surface area contributed by atoms with E-state index in [0.717, 1.165) is 9.45 Å². The Labute approximate surface area is 116 Å². The van der Waals surface area contributed by atoms with Crippen molar-refractivity contribution in [3.05, 3.63) is 49.9 Å². The average Bonchev–Trinajstić information content (AvgIpc) is 2.66. The minimum Gasteiger partial charge on any atom is -0.449 e. The van der Waals surface area contributed by atoms with E-state index in [0.29, 0.717) is 15.8 Å². The zero-order valence-electron chi connectivity index (χ0n) is 7.95. The highest BCUT2D eigenvalue weighted by molar-refractivity contribution is 14.1. The molecular weight excluding hydrogens is 360 g/mol. The number of benzene rings is 1. The molecule has 82 valence electrons. The molecule has 0 aliphatic rings. The van der Waals surface area contributed by atoms with E-state index in [4.69, 9.17) is 27.6 Å². The highest BCUT2D eigenvalue weighted by Gasteiger charge is 1.98. The smallest absolute Gasteiger partial charge is 0.164 e. The molecule has 16 heavy (non-hydrogen) atoms. The van der Waals surface area contributed by atoms with Crippen molar-refractivity contribution in [1.82, 2.24) is 0 Å². The van der Waals surface area contributed by atoms with Gasteiger partial charge in [0.2, 0.25) is 0 Å². The number of halogens is 3. The molecule has 2 aromatic rings. The van der Waals surface area contributed by atoms with E-state index in [1.807, 2.05) is 12.1 Å². The van der Waals surface area contributed by atoms with Crippen LogP contribution in [0.1, 0.15) is 5.76 Å². The van der Waals surface area contributed by atoms with Gasteiger partial charge in [-0.15, -0.1) is 0 Å². The molecule has 1 aromatic carbocycles. The SMILES string of the molecule is Clc1ccc(N=Cc2ccc(I)o2)cc1Cl. The van der Waals surface area contributed by atoms with Crippen LogP contribution >= 0.6 is 45.8 Å². The Balaban J connectivity index is 2.20. The summed E-state index contributed by atoms with van der Waals surface area (Å²) in [6, 6.07) is 8.93. The summed E-state index contributed by atoms with van der Waals surface area (Å²) < 4.78 is 6.16. The van der Waals surface area contributed by atoms with Crippen molar-refractivity contribution in [2.24, 2.45) is 4.99 Å². The first-order valence-electron chi connectivity index (χ1n) is 4.39. The summed E-state index contributed by atoms with van der Waals surface area (Å²) in [5, 5.41) is 1.01. The fourth-order valence-corrected chi connectivity index (χ4v) is 1.83. The molecule has 0 bridgehead atoms. The first-order valence-corrected chi connectivity index (χ1v) is 6.23. The van der Waals surface area contributed by atoms with Gasteiger partial charge in [-0.3, -0.25) is 4.99 Å². The third-order valence-corrected chi connectivity index (χ3v) is 3.16. The zero-order chi connectivity index (χ0) is 11.5. The molecule has 5 heteroatoms. The fourth-order valence-electron chi connectivity index (χ4n) is 1.10. The van der Waals surface area contributed by atoms with E-state index in [9.17, 15) is 0 Å². The molecule has 0 saturated carbocycles. The average molecular weight is 366 g/mol. The summed E-state index contributed by atoms with van der Waals surface area (Å²) in [6.45, 7) is 0. The quantitative estimate of drug-likeness (QED) is 0.546. The Hall–Kier alpha value is -0.520. The third-order valence-electron chi connectivity index (χ3n) is 1.84. The van der Waals surface area contributed by atoms with Gasteiger partial charge in [0.25, 0.3) is 0 Å². The predicted octanol–water partition coefficient (Wildman–Crippen LogP) is 4.94. The van der Waals surface area contributed by atoms with E-state index in [-0.39, 0.29) is 0 Å². The monoisotopic (exact) mass is 365 g/mol. The number of hydrogen-bond donors (Lipinski definition) is 0. The molecule has 0 radical (unpaired) electrons. The van der Waals surface area contributed by atoms with Gasteiger partial charge in [-0.05, 0) is 52.9 Å². The Morgan fingerprint density at radius 3 is 2.56 bits per heavy atom. The maximum atomic E-state index is 5.87. The first kappa shape index (κ1) is 12.0. The van der Waals surface area contributed by atoms with Gasteiger partial charge in [-0.1, -0.05) is 23.2 Å². The number of hydrogen-bond acceptors (Lipinski definition) is 2. The maximum Gasteiger partial charge on any atom is 0.164 e. The summed E-state index contributed by atoms with van der Waals surface area (Å²) >= 11 is 13.8. The lowest BCUT2D eigenvalue weighted by molar-refractivity contribution is 0.531. The second-order valence-electron chi connectivity index (χ2n) is 3.00. The van der Waals surface area contributed by atoms with E-state index in [1.165, 1.54) is 0 Å². The normalized spacial score (nSPS) is 11.2. The van der Waals surface area contributed by atoms with E-state index < -0.39 is 0 Å². The number of rotatable bonds is 2. The van der Waals surface area contributed by atoms with Gasteiger partial charge in [0.15, 0.2) is 3.77 Å². The van der Waals surface area contributed by atoms with Gasteiger partial charge in [0, 0.05) is 0 Å². The standard InChI is InChI=1S/C11H6Cl2INO/c12-9-3-1-7(5-10(9)13)15-6-8-2-4-11(14)16-8/h1-6H. The van der Waals surface area contributed by atoms with Crippen molar-refractivity contribution in [2.45, 2.75) is 0 Å². The summed E-state index contributed by atoms with van der Waals surface area (Å²) in [5.74, 6) is 0.704. The Morgan fingerprint density at radius 1 is 1.12 bits per heavy atom. The van der Waals surface area contributed by atoms with E-state index in [1.54, 1.807) is 24.4 Å². The van der Waals surface area contributed by atoms with Crippen molar-refractivity contribution in [3.8, 4) is 0 Å². The molecule has 0 unspecified atom stereocenters. The topological polar surface area (TPSA) is 25.5 Å². The lowest BCUT2D eigenvalue weighted by Crippen LogP contribution is -1.74. The highest BCUT2D eigenvalue weighted by Crippen LogP contribution is 2.26. The zero-order valence-corrected chi connectivity index (χ0v) is 11.6. The van der Waals surface area contributed by atoms with Crippen LogP contribution < -0.4 is 0 Å². The van der Waals surface area contributed by atoms with Crippen molar-refractivity contribution in [1.29, 1.82) is 0 Å². The molecule has 0 aliphatic heterocycles. The van der Waals surface area contributed by atoms with Crippen molar-refractivity contribution < 1.29 is 4.42 Å². The predicted molar refractivity (Wildman–Crippen MR) is 75.1 cm³/mol. The number of aliphatic imine (C=N–C) groups is 1. The van der Waals surface area contributed by atoms with Gasteiger partial charge in [-0.2, -0.15) is 0 Å². The summed E-state index contributed by atoms with van der Waals surface area (Å²) in [4.78, 5) is 4.23. The molecule has 0 atom stereocenters. The molecule has 1 heterocycles. The van der Waals surface area contributed by atoms with Crippen molar-refractivity contribution in [3.63, 3.8) is 0 Å². The molecule has 0 amide bonds. The summed E-state index contributed by atoms with van der Waals surface area (Å²) in [5.41, 5.74) is 0.737. The van der Waals surface area contributed by atoms with Crippen LogP contribution in [0.15, 0.2) is 39.7 Å². The third kappa shape index (κ3) is 2.99. The first-order chi connectivity index (χ1) is 7.65. The van der Waals surface area contributed by atoms with Gasteiger partial charge < -0.3 is 4.42 Å². The molecule has 0 N–H and O–H groups in total. The van der Waals surface area contributed by atoms with Crippen LogP contribution in [0.4, 0.5) is 5.69 Å². The number of nitrogens with zero attached hydrogens (tertiary/aromatic N) is 1. The summed E-state index contributed by atoms with van der Waals surface area (Å²) in [6.07, 6.45) is 1.64. The molecule has 0 spiro atoms. The van der Waals surface area contributed by atoms with Gasteiger partial charge in [0.05, 0.1) is 21.9 Å². The second-order valence-corrected chi connectivity index (χ2v) is 4.88. The van der Waals surface area contributed by atoms with Gasteiger partial charge in [0.1, 0.15) is 5.76 Å². The van der Waals surface area contributed by atoms with Crippen molar-refractivity contribution >= 4 is 57.7 Å². The highest BCUT2D eigenvalue weighted by atomic mass is 127. The molecule has 1 aromatic heterocycles. The molecule has 0 fully saturated rings. The second kappa shape index (κ2) is 5.21. The maximum absolute atomic E-state index is 5.87. The Kier molecular flexibility index (Phi) is 3.89. The van der Waals surface area contributed by atoms with Gasteiger partial charge >= 0.3 is 0 Å². The Bertz CT molecular complexity index is 537. The van der Waals surface area contributed by atoms with Crippen LogP contribution in [-0.2, 0) is 0 Å². The molecule has 0 saturated heterocycles.